The smallest absolute Gasteiger partial charge is 0.253 e. The first kappa shape index (κ1) is 21.6. The number of nitrogens with one attached hydrogen (secondary N) is 1. The van der Waals surface area contributed by atoms with Crippen LogP contribution in [0.3, 0.4) is 0 Å². The van der Waals surface area contributed by atoms with Crippen LogP contribution in [0.25, 0.3) is 0 Å². The zero-order valence-corrected chi connectivity index (χ0v) is 17.6. The number of anilines is 1. The molecule has 1 saturated heterocycles. The van der Waals surface area contributed by atoms with Gasteiger partial charge in [0.15, 0.2) is 0 Å². The van der Waals surface area contributed by atoms with E-state index < -0.39 is 6.04 Å². The van der Waals surface area contributed by atoms with Gasteiger partial charge in [-0.15, -0.1) is 0 Å². The fraction of sp³-hybridized carbons (Fsp3) is 0.375. The summed E-state index contributed by atoms with van der Waals surface area (Å²) in [6.07, 6.45) is 2.20. The predicted octanol–water partition coefficient (Wildman–Crippen LogP) is 3.86. The number of benzene rings is 2. The van der Waals surface area contributed by atoms with Crippen LogP contribution in [0.2, 0.25) is 0 Å². The van der Waals surface area contributed by atoms with Gasteiger partial charge in [-0.25, -0.2) is 0 Å². The molecule has 6 nitrogen and oxygen atoms in total. The summed E-state index contributed by atoms with van der Waals surface area (Å²) in [5, 5.41) is 2.93. The maximum Gasteiger partial charge on any atom is 0.253 e. The summed E-state index contributed by atoms with van der Waals surface area (Å²) in [5.74, 6) is -0.346. The summed E-state index contributed by atoms with van der Waals surface area (Å²) in [5.41, 5.74) is 1.85. The number of piperidine rings is 1. The SMILES string of the molecule is CCN(CC)C(=O)c1cccc(NC(=O)C(c2ccccc2)N2CCCCC2=O)c1. The molecule has 1 unspecified atom stereocenters. The molecule has 1 heterocycles. The van der Waals surface area contributed by atoms with Crippen LogP contribution in [-0.4, -0.2) is 47.2 Å². The van der Waals surface area contributed by atoms with Crippen molar-refractivity contribution < 1.29 is 14.4 Å². The number of hydrogen-bond acceptors (Lipinski definition) is 3. The van der Waals surface area contributed by atoms with E-state index in [0.29, 0.717) is 37.3 Å². The second-order valence-corrected chi connectivity index (χ2v) is 7.40. The predicted molar refractivity (Wildman–Crippen MR) is 117 cm³/mol. The molecule has 0 spiro atoms. The van der Waals surface area contributed by atoms with Gasteiger partial charge in [0.25, 0.3) is 11.8 Å². The van der Waals surface area contributed by atoms with Gasteiger partial charge in [0.1, 0.15) is 6.04 Å². The summed E-state index contributed by atoms with van der Waals surface area (Å²) in [4.78, 5) is 41.9. The highest BCUT2D eigenvalue weighted by atomic mass is 16.2. The zero-order chi connectivity index (χ0) is 21.5. The molecule has 1 aliphatic rings. The first-order valence-corrected chi connectivity index (χ1v) is 10.6. The number of likely N-dealkylation sites (tertiary alicyclic amines) is 1. The molecule has 1 fully saturated rings. The summed E-state index contributed by atoms with van der Waals surface area (Å²) in [6.45, 7) is 5.69. The molecule has 3 rings (SSSR count). The number of rotatable bonds is 7. The molecule has 1 N–H and O–H groups in total. The quantitative estimate of drug-likeness (QED) is 0.758. The van der Waals surface area contributed by atoms with Crippen molar-refractivity contribution in [2.24, 2.45) is 0 Å². The van der Waals surface area contributed by atoms with E-state index in [1.54, 1.807) is 34.1 Å². The number of amides is 3. The van der Waals surface area contributed by atoms with Crippen molar-refractivity contribution in [3.63, 3.8) is 0 Å². The monoisotopic (exact) mass is 407 g/mol. The third-order valence-corrected chi connectivity index (χ3v) is 5.46. The van der Waals surface area contributed by atoms with E-state index in [-0.39, 0.29) is 17.7 Å². The summed E-state index contributed by atoms with van der Waals surface area (Å²) < 4.78 is 0. The van der Waals surface area contributed by atoms with Gasteiger partial charge in [-0.2, -0.15) is 0 Å². The molecule has 0 radical (unpaired) electrons. The van der Waals surface area contributed by atoms with Gasteiger partial charge in [-0.3, -0.25) is 14.4 Å². The van der Waals surface area contributed by atoms with Crippen LogP contribution in [0.5, 0.6) is 0 Å². The van der Waals surface area contributed by atoms with Crippen LogP contribution in [-0.2, 0) is 9.59 Å². The van der Waals surface area contributed by atoms with Gasteiger partial charge in [-0.1, -0.05) is 36.4 Å². The lowest BCUT2D eigenvalue weighted by Gasteiger charge is -2.34. The zero-order valence-electron chi connectivity index (χ0n) is 17.6. The molecule has 6 heteroatoms. The standard InChI is InChI=1S/C24H29N3O3/c1-3-26(4-2)24(30)19-13-10-14-20(17-19)25-23(29)22(18-11-6-5-7-12-18)27-16-9-8-15-21(27)28/h5-7,10-14,17,22H,3-4,8-9,15-16H2,1-2H3,(H,25,29). The molecular weight excluding hydrogens is 378 g/mol. The first-order chi connectivity index (χ1) is 14.5. The van der Waals surface area contributed by atoms with Crippen molar-refractivity contribution in [2.75, 3.05) is 25.0 Å². The molecule has 2 aromatic rings. The molecule has 158 valence electrons. The van der Waals surface area contributed by atoms with E-state index >= 15 is 0 Å². The topological polar surface area (TPSA) is 69.7 Å². The summed E-state index contributed by atoms with van der Waals surface area (Å²) in [7, 11) is 0. The van der Waals surface area contributed by atoms with Gasteiger partial charge >= 0.3 is 0 Å². The molecule has 0 aliphatic carbocycles. The van der Waals surface area contributed by atoms with Gasteiger partial charge in [0.2, 0.25) is 5.91 Å². The molecule has 0 aromatic heterocycles. The van der Waals surface area contributed by atoms with Crippen molar-refractivity contribution in [3.8, 4) is 0 Å². The number of nitrogens with zero attached hydrogens (tertiary/aromatic N) is 2. The Morgan fingerprint density at radius 1 is 1.03 bits per heavy atom. The maximum atomic E-state index is 13.3. The van der Waals surface area contributed by atoms with E-state index in [1.165, 1.54) is 0 Å². The van der Waals surface area contributed by atoms with Crippen molar-refractivity contribution >= 4 is 23.4 Å². The number of carbonyl (C=O) groups excluding carboxylic acids is 3. The molecule has 30 heavy (non-hydrogen) atoms. The van der Waals surface area contributed by atoms with E-state index in [9.17, 15) is 14.4 Å². The minimum atomic E-state index is -0.693. The van der Waals surface area contributed by atoms with E-state index in [0.717, 1.165) is 18.4 Å². The highest BCUT2D eigenvalue weighted by molar-refractivity contribution is 6.00. The van der Waals surface area contributed by atoms with Crippen LogP contribution >= 0.6 is 0 Å². The third-order valence-electron chi connectivity index (χ3n) is 5.46. The largest absolute Gasteiger partial charge is 0.339 e. The van der Waals surface area contributed by atoms with Crippen molar-refractivity contribution in [2.45, 2.75) is 39.2 Å². The Morgan fingerprint density at radius 2 is 1.77 bits per heavy atom. The van der Waals surface area contributed by atoms with E-state index in [1.807, 2.05) is 44.2 Å². The Hall–Kier alpha value is -3.15. The van der Waals surface area contributed by atoms with Crippen LogP contribution in [0.15, 0.2) is 54.6 Å². The Kier molecular flexibility index (Phi) is 7.22. The highest BCUT2D eigenvalue weighted by Gasteiger charge is 2.32. The average molecular weight is 408 g/mol. The van der Waals surface area contributed by atoms with Crippen molar-refractivity contribution in [1.82, 2.24) is 9.80 Å². The van der Waals surface area contributed by atoms with Crippen LogP contribution in [0.1, 0.15) is 55.1 Å². The Bertz CT molecular complexity index is 894. The average Bonchev–Trinajstić information content (AvgIpc) is 2.77. The van der Waals surface area contributed by atoms with Crippen LogP contribution in [0, 0.1) is 0 Å². The van der Waals surface area contributed by atoms with Gasteiger partial charge in [0.05, 0.1) is 0 Å². The normalized spacial score (nSPS) is 14.9. The lowest BCUT2D eigenvalue weighted by atomic mass is 10.00. The molecule has 1 aliphatic heterocycles. The lowest BCUT2D eigenvalue weighted by molar-refractivity contribution is -0.141. The Morgan fingerprint density at radius 3 is 2.43 bits per heavy atom. The second-order valence-electron chi connectivity index (χ2n) is 7.40. The summed E-state index contributed by atoms with van der Waals surface area (Å²) >= 11 is 0. The summed E-state index contributed by atoms with van der Waals surface area (Å²) in [6, 6.07) is 15.6. The van der Waals surface area contributed by atoms with Crippen LogP contribution in [0.4, 0.5) is 5.69 Å². The van der Waals surface area contributed by atoms with Gasteiger partial charge < -0.3 is 15.1 Å². The molecule has 2 aromatic carbocycles. The maximum absolute atomic E-state index is 13.3. The van der Waals surface area contributed by atoms with Crippen LogP contribution < -0.4 is 5.32 Å². The third kappa shape index (κ3) is 4.87. The Balaban J connectivity index is 1.85. The second kappa shape index (κ2) is 10.1. The van der Waals surface area contributed by atoms with E-state index in [4.69, 9.17) is 0 Å². The van der Waals surface area contributed by atoms with Crippen molar-refractivity contribution in [1.29, 1.82) is 0 Å². The minimum absolute atomic E-state index is 0.00397. The fourth-order valence-corrected chi connectivity index (χ4v) is 3.84. The molecule has 0 bridgehead atoms. The van der Waals surface area contributed by atoms with Crippen molar-refractivity contribution in [3.05, 3.63) is 65.7 Å². The molecule has 3 amide bonds. The molecule has 1 atom stereocenters. The molecular formula is C24H29N3O3. The van der Waals surface area contributed by atoms with Gasteiger partial charge in [-0.05, 0) is 50.5 Å². The lowest BCUT2D eigenvalue weighted by Crippen LogP contribution is -2.43. The molecule has 0 saturated carbocycles. The van der Waals surface area contributed by atoms with E-state index in [2.05, 4.69) is 5.32 Å². The highest BCUT2D eigenvalue weighted by Crippen LogP contribution is 2.27. The number of hydrogen-bond donors (Lipinski definition) is 1. The fourth-order valence-electron chi connectivity index (χ4n) is 3.84. The Labute approximate surface area is 177 Å². The van der Waals surface area contributed by atoms with Gasteiger partial charge in [0, 0.05) is 37.3 Å². The minimum Gasteiger partial charge on any atom is -0.339 e. The first-order valence-electron chi connectivity index (χ1n) is 10.6. The number of carbonyl (C=O) groups is 3.